The lowest BCUT2D eigenvalue weighted by Gasteiger charge is -2.21. The van der Waals surface area contributed by atoms with Crippen LogP contribution in [0.4, 0.5) is 11.4 Å². The lowest BCUT2D eigenvalue weighted by Crippen LogP contribution is -2.14. The smallest absolute Gasteiger partial charge is 0.137 e. The molecule has 0 saturated heterocycles. The summed E-state index contributed by atoms with van der Waals surface area (Å²) in [4.78, 5) is 7.02. The number of benzene rings is 7. The van der Waals surface area contributed by atoms with Crippen molar-refractivity contribution in [3.8, 4) is 17.3 Å². The van der Waals surface area contributed by atoms with Crippen LogP contribution in [0.2, 0.25) is 0 Å². The summed E-state index contributed by atoms with van der Waals surface area (Å²) in [6.07, 6.45) is 1.64. The topological polar surface area (TPSA) is 35.2 Å². The Bertz CT molecular complexity index is 3660. The Hall–Kier alpha value is -7.11. The van der Waals surface area contributed by atoms with Crippen molar-refractivity contribution in [1.29, 1.82) is 0 Å². The Labute approximate surface area is 344 Å². The number of para-hydroxylation sites is 3. The van der Waals surface area contributed by atoms with Gasteiger partial charge in [0.2, 0.25) is 0 Å². The Morgan fingerprint density at radius 3 is 2.21 bits per heavy atom. The highest BCUT2D eigenvalue weighted by Crippen LogP contribution is 2.44. The van der Waals surface area contributed by atoms with Crippen LogP contribution in [0.5, 0.6) is 11.5 Å². The number of hydrogen-bond donors (Lipinski definition) is 0. The zero-order chi connectivity index (χ0) is 43.5. The first-order chi connectivity index (χ1) is 30.4. The van der Waals surface area contributed by atoms with E-state index in [0.717, 1.165) is 27.8 Å². The number of anilines is 2. The highest BCUT2D eigenvalue weighted by Gasteiger charge is 2.25. The van der Waals surface area contributed by atoms with Crippen LogP contribution in [0.3, 0.4) is 0 Å². The van der Waals surface area contributed by atoms with Crippen LogP contribution in [-0.2, 0) is 6.67 Å². The SMILES string of the molecule is [2H]c1c([2H])c([2H])c2c(c1[2H])c1ccc(Oc3cccc(N4Cn5c6c(C)cccc6c6cc(C)ccc6c6ccccc6c6cccc4c65)c3)cc1n2-c1cc(C([2H])(C)C)ccn1. The van der Waals surface area contributed by atoms with Gasteiger partial charge < -0.3 is 14.2 Å². The molecule has 0 radical (unpaired) electrons. The van der Waals surface area contributed by atoms with Gasteiger partial charge in [-0.15, -0.1) is 0 Å². The maximum atomic E-state index is 9.01. The fourth-order valence-electron chi connectivity index (χ4n) is 8.95. The highest BCUT2D eigenvalue weighted by atomic mass is 16.5. The Morgan fingerprint density at radius 2 is 1.34 bits per heavy atom. The number of pyridine rings is 1. The summed E-state index contributed by atoms with van der Waals surface area (Å²) in [5.74, 6) is 0.680. The molecule has 0 amide bonds. The first-order valence-corrected chi connectivity index (χ1v) is 19.6. The van der Waals surface area contributed by atoms with Crippen LogP contribution in [0, 0.1) is 13.8 Å². The minimum atomic E-state index is -0.920. The van der Waals surface area contributed by atoms with Crippen molar-refractivity contribution in [1.82, 2.24) is 14.1 Å². The average molecular weight is 756 g/mol. The predicted octanol–water partition coefficient (Wildman–Crippen LogP) is 14.4. The number of rotatable bonds is 5. The lowest BCUT2D eigenvalue weighted by atomic mass is 9.99. The molecule has 5 nitrogen and oxygen atoms in total. The second-order valence-corrected chi connectivity index (χ2v) is 15.5. The summed E-state index contributed by atoms with van der Waals surface area (Å²) in [5.41, 5.74) is 8.43. The fourth-order valence-corrected chi connectivity index (χ4v) is 8.95. The second kappa shape index (κ2) is 13.2. The van der Waals surface area contributed by atoms with E-state index in [-0.39, 0.29) is 24.2 Å². The summed E-state index contributed by atoms with van der Waals surface area (Å²) in [5, 5.41) is 8.20. The van der Waals surface area contributed by atoms with E-state index >= 15 is 0 Å². The first kappa shape index (κ1) is 29.2. The fraction of sp³-hybridized carbons (Fsp3) is 0.113. The number of fused-ring (bicyclic) bond motifs is 10. The molecule has 3 aromatic heterocycles. The van der Waals surface area contributed by atoms with Gasteiger partial charge in [0.1, 0.15) is 24.0 Å². The monoisotopic (exact) mass is 755 g/mol. The molecule has 0 spiro atoms. The molecule has 0 N–H and O–H groups in total. The molecule has 0 bridgehead atoms. The van der Waals surface area contributed by atoms with Crippen LogP contribution in [0.25, 0.3) is 71.0 Å². The largest absolute Gasteiger partial charge is 0.457 e. The molecular formula is C53H42N4O. The number of ether oxygens (including phenoxy) is 1. The van der Waals surface area contributed by atoms with E-state index in [1.165, 1.54) is 43.6 Å². The van der Waals surface area contributed by atoms with Crippen molar-refractivity contribution >= 4 is 76.5 Å². The summed E-state index contributed by atoms with van der Waals surface area (Å²) < 4.78 is 54.7. The molecule has 0 unspecified atom stereocenters. The standard InChI is InChI=1S/C53H42N4O/c1-33(2)36-26-27-54-51(29-36)57-48-20-8-7-17-43(48)44-25-23-39(31-50(44)57)58-38-14-10-13-37(30-38)55-32-56-52-35(4)12-9-18-46(52)47-28-34(3)22-24-42(47)40-15-5-6-16-41(40)45-19-11-21-49(55)53(45)56/h5-31,33H,32H2,1-4H3/i7D,8D,17D,20D,33D. The van der Waals surface area contributed by atoms with E-state index in [1.807, 2.05) is 36.4 Å². The molecule has 0 fully saturated rings. The number of aromatic nitrogens is 3. The van der Waals surface area contributed by atoms with E-state index < -0.39 is 5.89 Å². The molecule has 58 heavy (non-hydrogen) atoms. The van der Waals surface area contributed by atoms with Crippen molar-refractivity contribution in [2.75, 3.05) is 4.90 Å². The molecule has 10 aromatic rings. The normalized spacial score (nSPS) is 13.9. The van der Waals surface area contributed by atoms with Crippen LogP contribution in [0.1, 0.15) is 43.3 Å². The third kappa shape index (κ3) is 5.34. The van der Waals surface area contributed by atoms with Gasteiger partial charge in [-0.1, -0.05) is 116 Å². The molecule has 1 aliphatic rings. The minimum Gasteiger partial charge on any atom is -0.457 e. The summed E-state index contributed by atoms with van der Waals surface area (Å²) in [6.45, 7) is 8.54. The molecule has 0 aliphatic carbocycles. The molecule has 5 heteroatoms. The molecule has 7 aromatic carbocycles. The van der Waals surface area contributed by atoms with E-state index in [0.29, 0.717) is 45.8 Å². The van der Waals surface area contributed by atoms with Gasteiger partial charge in [-0.3, -0.25) is 4.57 Å². The molecule has 11 rings (SSSR count). The van der Waals surface area contributed by atoms with Crippen molar-refractivity contribution in [2.24, 2.45) is 0 Å². The van der Waals surface area contributed by atoms with Gasteiger partial charge in [0.15, 0.2) is 0 Å². The minimum absolute atomic E-state index is 0.122. The maximum absolute atomic E-state index is 9.01. The average Bonchev–Trinajstić information content (AvgIpc) is 3.84. The van der Waals surface area contributed by atoms with Crippen molar-refractivity contribution in [2.45, 2.75) is 40.3 Å². The van der Waals surface area contributed by atoms with E-state index in [2.05, 4.69) is 119 Å². The van der Waals surface area contributed by atoms with Crippen LogP contribution >= 0.6 is 0 Å². The quantitative estimate of drug-likeness (QED) is 0.175. The summed E-state index contributed by atoms with van der Waals surface area (Å²) >= 11 is 0. The van der Waals surface area contributed by atoms with Gasteiger partial charge in [0, 0.05) is 46.9 Å². The van der Waals surface area contributed by atoms with Crippen molar-refractivity contribution in [3.63, 3.8) is 0 Å². The highest BCUT2D eigenvalue weighted by molar-refractivity contribution is 6.21. The third-order valence-electron chi connectivity index (χ3n) is 11.6. The second-order valence-electron chi connectivity index (χ2n) is 15.5. The van der Waals surface area contributed by atoms with Gasteiger partial charge >= 0.3 is 0 Å². The number of nitrogens with zero attached hydrogens (tertiary/aromatic N) is 4. The molecule has 0 saturated carbocycles. The van der Waals surface area contributed by atoms with E-state index in [1.54, 1.807) is 30.7 Å². The first-order valence-electron chi connectivity index (χ1n) is 22.1. The molecule has 1 aliphatic heterocycles. The Morgan fingerprint density at radius 1 is 0.621 bits per heavy atom. The number of aryl methyl sites for hydroxylation is 2. The Balaban J connectivity index is 1.08. The lowest BCUT2D eigenvalue weighted by molar-refractivity contribution is 0.483. The molecular weight excluding hydrogens is 709 g/mol. The van der Waals surface area contributed by atoms with Gasteiger partial charge in [0.05, 0.1) is 33.2 Å². The van der Waals surface area contributed by atoms with Crippen molar-refractivity contribution < 1.29 is 11.6 Å². The van der Waals surface area contributed by atoms with Crippen LogP contribution in [0.15, 0.2) is 164 Å². The van der Waals surface area contributed by atoms with Gasteiger partial charge in [-0.2, -0.15) is 0 Å². The van der Waals surface area contributed by atoms with Gasteiger partial charge in [-0.25, -0.2) is 4.98 Å². The summed E-state index contributed by atoms with van der Waals surface area (Å²) in [6, 6.07) is 45.1. The maximum Gasteiger partial charge on any atom is 0.137 e. The zero-order valence-corrected chi connectivity index (χ0v) is 32.7. The van der Waals surface area contributed by atoms with Crippen molar-refractivity contribution in [3.05, 3.63) is 181 Å². The summed E-state index contributed by atoms with van der Waals surface area (Å²) in [7, 11) is 0. The zero-order valence-electron chi connectivity index (χ0n) is 37.7. The van der Waals surface area contributed by atoms with E-state index in [9.17, 15) is 0 Å². The van der Waals surface area contributed by atoms with Gasteiger partial charge in [0.25, 0.3) is 0 Å². The van der Waals surface area contributed by atoms with Crippen LogP contribution in [-0.4, -0.2) is 14.1 Å². The van der Waals surface area contributed by atoms with Crippen LogP contribution < -0.4 is 9.64 Å². The Kier molecular flexibility index (Phi) is 6.66. The predicted molar refractivity (Wildman–Crippen MR) is 243 cm³/mol. The molecule has 0 atom stereocenters. The van der Waals surface area contributed by atoms with Gasteiger partial charge in [-0.05, 0) is 101 Å². The van der Waals surface area contributed by atoms with E-state index in [4.69, 9.17) is 11.6 Å². The number of hydrogen-bond acceptors (Lipinski definition) is 3. The third-order valence-corrected chi connectivity index (χ3v) is 11.6. The molecule has 280 valence electrons. The molecule has 4 heterocycles.